The summed E-state index contributed by atoms with van der Waals surface area (Å²) in [5.41, 5.74) is 1.37. The van der Waals surface area contributed by atoms with E-state index in [1.165, 1.54) is 15.6 Å². The Balaban J connectivity index is 2.25. The summed E-state index contributed by atoms with van der Waals surface area (Å²) in [5.74, 6) is 2.66. The minimum Gasteiger partial charge on any atom is -0.291 e. The Morgan fingerprint density at radius 2 is 2.20 bits per heavy atom. The molecule has 0 fully saturated rings. The van der Waals surface area contributed by atoms with E-state index in [2.05, 4.69) is 40.5 Å². The van der Waals surface area contributed by atoms with Crippen molar-refractivity contribution < 1.29 is 0 Å². The second-order valence-corrected chi connectivity index (χ2v) is 4.54. The lowest BCUT2D eigenvalue weighted by Gasteiger charge is -2.12. The van der Waals surface area contributed by atoms with E-state index in [-0.39, 0.29) is 0 Å². The molecule has 1 aromatic heterocycles. The fourth-order valence-corrected chi connectivity index (χ4v) is 2.61. The summed E-state index contributed by atoms with van der Waals surface area (Å²) >= 11 is 1.80. The minimum atomic E-state index is 0.699. The number of rotatable bonds is 3. The molecule has 0 N–H and O–H groups in total. The van der Waals surface area contributed by atoms with Crippen LogP contribution in [0.3, 0.4) is 0 Å². The van der Waals surface area contributed by atoms with Crippen LogP contribution in [0.15, 0.2) is 29.6 Å². The van der Waals surface area contributed by atoms with Gasteiger partial charge in [0.2, 0.25) is 0 Å². The summed E-state index contributed by atoms with van der Waals surface area (Å²) < 4.78 is 1.35. The highest BCUT2D eigenvalue weighted by molar-refractivity contribution is 7.17. The Morgan fingerprint density at radius 1 is 1.40 bits per heavy atom. The van der Waals surface area contributed by atoms with Gasteiger partial charge in [-0.15, -0.1) is 17.8 Å². The minimum absolute atomic E-state index is 0.699. The van der Waals surface area contributed by atoms with Crippen molar-refractivity contribution in [1.29, 1.82) is 0 Å². The van der Waals surface area contributed by atoms with Crippen LogP contribution in [-0.2, 0) is 6.54 Å². The molecule has 0 saturated heterocycles. The van der Waals surface area contributed by atoms with E-state index in [4.69, 9.17) is 6.42 Å². The smallest absolute Gasteiger partial charge is 0.0599 e. The molecule has 0 radical (unpaired) electrons. The van der Waals surface area contributed by atoms with Gasteiger partial charge in [-0.1, -0.05) is 24.1 Å². The highest BCUT2D eigenvalue weighted by atomic mass is 32.1. The summed E-state index contributed by atoms with van der Waals surface area (Å²) in [4.78, 5) is 2.15. The number of hydrogen-bond acceptors (Lipinski definition) is 2. The zero-order valence-corrected chi connectivity index (χ0v) is 9.55. The first-order valence-corrected chi connectivity index (χ1v) is 5.76. The molecule has 15 heavy (non-hydrogen) atoms. The van der Waals surface area contributed by atoms with Crippen molar-refractivity contribution in [2.75, 3.05) is 13.6 Å². The number of hydrogen-bond donors (Lipinski definition) is 0. The fraction of sp³-hybridized carbons (Fsp3) is 0.231. The fourth-order valence-electron chi connectivity index (χ4n) is 1.66. The summed E-state index contributed by atoms with van der Waals surface area (Å²) in [5, 5.41) is 3.57. The Labute approximate surface area is 94.3 Å². The third kappa shape index (κ3) is 2.20. The average Bonchev–Trinajstić information content (AvgIpc) is 2.62. The quantitative estimate of drug-likeness (QED) is 0.711. The molecule has 2 heteroatoms. The molecule has 0 aliphatic rings. The molecule has 0 bridgehead atoms. The first-order chi connectivity index (χ1) is 7.31. The summed E-state index contributed by atoms with van der Waals surface area (Å²) in [6.45, 7) is 1.62. The van der Waals surface area contributed by atoms with E-state index in [0.717, 1.165) is 6.54 Å². The summed E-state index contributed by atoms with van der Waals surface area (Å²) in [6.07, 6.45) is 5.28. The van der Waals surface area contributed by atoms with Crippen LogP contribution in [0.5, 0.6) is 0 Å². The van der Waals surface area contributed by atoms with Crippen molar-refractivity contribution in [3.05, 3.63) is 35.2 Å². The van der Waals surface area contributed by atoms with Gasteiger partial charge in [0.25, 0.3) is 0 Å². The monoisotopic (exact) mass is 215 g/mol. The van der Waals surface area contributed by atoms with Crippen LogP contribution in [-0.4, -0.2) is 18.5 Å². The van der Waals surface area contributed by atoms with Crippen LogP contribution in [0.25, 0.3) is 10.1 Å². The molecule has 1 aromatic carbocycles. The lowest BCUT2D eigenvalue weighted by Crippen LogP contribution is -2.17. The van der Waals surface area contributed by atoms with E-state index < -0.39 is 0 Å². The molecule has 2 aromatic rings. The Morgan fingerprint density at radius 3 is 3.00 bits per heavy atom. The van der Waals surface area contributed by atoms with Gasteiger partial charge in [0.15, 0.2) is 0 Å². The molecule has 0 atom stereocenters. The molecule has 0 spiro atoms. The SMILES string of the molecule is C#CCN(C)Cc1csc2ccccc12. The van der Waals surface area contributed by atoms with Crippen LogP contribution in [0, 0.1) is 12.3 Å². The van der Waals surface area contributed by atoms with Gasteiger partial charge in [-0.3, -0.25) is 4.90 Å². The maximum atomic E-state index is 5.28. The lowest BCUT2D eigenvalue weighted by molar-refractivity contribution is 0.371. The Hall–Kier alpha value is -1.30. The van der Waals surface area contributed by atoms with E-state index in [0.29, 0.717) is 6.54 Å². The molecule has 0 amide bonds. The molecule has 2 rings (SSSR count). The van der Waals surface area contributed by atoms with Gasteiger partial charge in [0.1, 0.15) is 0 Å². The molecule has 0 unspecified atom stereocenters. The number of terminal acetylenes is 1. The van der Waals surface area contributed by atoms with E-state index in [9.17, 15) is 0 Å². The number of benzene rings is 1. The third-order valence-electron chi connectivity index (χ3n) is 2.36. The molecule has 0 saturated carbocycles. The van der Waals surface area contributed by atoms with Crippen molar-refractivity contribution in [3.8, 4) is 12.3 Å². The van der Waals surface area contributed by atoms with Crippen LogP contribution < -0.4 is 0 Å². The van der Waals surface area contributed by atoms with Crippen LogP contribution in [0.2, 0.25) is 0 Å². The maximum Gasteiger partial charge on any atom is 0.0599 e. The predicted molar refractivity (Wildman–Crippen MR) is 67.0 cm³/mol. The number of fused-ring (bicyclic) bond motifs is 1. The molecule has 1 nitrogen and oxygen atoms in total. The van der Waals surface area contributed by atoms with E-state index >= 15 is 0 Å². The first-order valence-electron chi connectivity index (χ1n) is 4.88. The zero-order chi connectivity index (χ0) is 10.7. The highest BCUT2D eigenvalue weighted by Gasteiger charge is 2.05. The lowest BCUT2D eigenvalue weighted by atomic mass is 10.2. The molecule has 1 heterocycles. The zero-order valence-electron chi connectivity index (χ0n) is 8.73. The summed E-state index contributed by atoms with van der Waals surface area (Å²) in [6, 6.07) is 8.49. The average molecular weight is 215 g/mol. The summed E-state index contributed by atoms with van der Waals surface area (Å²) in [7, 11) is 2.05. The van der Waals surface area contributed by atoms with Crippen molar-refractivity contribution in [2.45, 2.75) is 6.54 Å². The topological polar surface area (TPSA) is 3.24 Å². The van der Waals surface area contributed by atoms with Crippen molar-refractivity contribution in [1.82, 2.24) is 4.90 Å². The van der Waals surface area contributed by atoms with Gasteiger partial charge in [-0.25, -0.2) is 0 Å². The van der Waals surface area contributed by atoms with Gasteiger partial charge >= 0.3 is 0 Å². The van der Waals surface area contributed by atoms with Gasteiger partial charge < -0.3 is 0 Å². The first kappa shape index (κ1) is 10.2. The highest BCUT2D eigenvalue weighted by Crippen LogP contribution is 2.26. The van der Waals surface area contributed by atoms with Crippen molar-refractivity contribution in [3.63, 3.8) is 0 Å². The number of thiophene rings is 1. The third-order valence-corrected chi connectivity index (χ3v) is 3.37. The largest absolute Gasteiger partial charge is 0.291 e. The van der Waals surface area contributed by atoms with Crippen molar-refractivity contribution in [2.24, 2.45) is 0 Å². The second-order valence-electron chi connectivity index (χ2n) is 3.63. The van der Waals surface area contributed by atoms with E-state index in [1.54, 1.807) is 11.3 Å². The molecule has 0 aliphatic carbocycles. The molecule has 76 valence electrons. The van der Waals surface area contributed by atoms with Gasteiger partial charge in [0, 0.05) is 11.2 Å². The normalized spacial score (nSPS) is 10.7. The van der Waals surface area contributed by atoms with Crippen LogP contribution in [0.4, 0.5) is 0 Å². The molecule has 0 aliphatic heterocycles. The number of nitrogens with zero attached hydrogens (tertiary/aromatic N) is 1. The Bertz CT molecular complexity index is 492. The molecular formula is C13H13NS. The van der Waals surface area contributed by atoms with E-state index in [1.807, 2.05) is 7.05 Å². The van der Waals surface area contributed by atoms with Gasteiger partial charge in [-0.05, 0) is 29.4 Å². The van der Waals surface area contributed by atoms with Gasteiger partial charge in [0.05, 0.1) is 6.54 Å². The maximum absolute atomic E-state index is 5.28. The van der Waals surface area contributed by atoms with Gasteiger partial charge in [-0.2, -0.15) is 0 Å². The van der Waals surface area contributed by atoms with Crippen molar-refractivity contribution >= 4 is 21.4 Å². The second kappa shape index (κ2) is 4.48. The molecular weight excluding hydrogens is 202 g/mol. The Kier molecular flexibility index (Phi) is 3.05. The van der Waals surface area contributed by atoms with Crippen LogP contribution in [0.1, 0.15) is 5.56 Å². The van der Waals surface area contributed by atoms with Crippen LogP contribution >= 0.6 is 11.3 Å². The standard InChI is InChI=1S/C13H13NS/c1-3-8-14(2)9-11-10-15-13-7-5-4-6-12(11)13/h1,4-7,10H,8-9H2,2H3. The predicted octanol–water partition coefficient (Wildman–Crippen LogP) is 2.97.